The molecule has 1 aromatic heterocycles. The molecule has 0 aliphatic heterocycles. The summed E-state index contributed by atoms with van der Waals surface area (Å²) < 4.78 is 34.5. The Kier molecular flexibility index (Phi) is 15.1. The summed E-state index contributed by atoms with van der Waals surface area (Å²) in [4.78, 5) is -0.140. The van der Waals surface area contributed by atoms with Gasteiger partial charge in [0.05, 0.1) is 21.6 Å². The van der Waals surface area contributed by atoms with Crippen LogP contribution in [0.15, 0.2) is 71.9 Å². The molecule has 0 amide bonds. The van der Waals surface area contributed by atoms with E-state index < -0.39 is 10.1 Å². The third-order valence-electron chi connectivity index (χ3n) is 6.42. The topological polar surface area (TPSA) is 84.9 Å². The van der Waals surface area contributed by atoms with E-state index in [2.05, 4.69) is 13.0 Å². The zero-order valence-corrected chi connectivity index (χ0v) is 24.9. The highest BCUT2D eigenvalue weighted by Gasteiger charge is 2.07. The van der Waals surface area contributed by atoms with Crippen LogP contribution >= 0.6 is 23.2 Å². The molecule has 0 aliphatic carbocycles. The molecule has 0 aliphatic rings. The van der Waals surface area contributed by atoms with Gasteiger partial charge < -0.3 is 4.55 Å². The van der Waals surface area contributed by atoms with Crippen LogP contribution in [0.25, 0.3) is 0 Å². The van der Waals surface area contributed by atoms with Crippen LogP contribution in [-0.4, -0.2) is 13.0 Å². The van der Waals surface area contributed by atoms with E-state index in [4.69, 9.17) is 28.5 Å². The van der Waals surface area contributed by atoms with Crippen molar-refractivity contribution in [1.29, 1.82) is 5.26 Å². The molecule has 2 aromatic carbocycles. The highest BCUT2D eigenvalue weighted by molar-refractivity contribution is 7.85. The summed E-state index contributed by atoms with van der Waals surface area (Å²) in [5.74, 6) is 0. The minimum Gasteiger partial charge on any atom is -0.744 e. The average Bonchev–Trinajstić information content (AvgIpc) is 2.92. The molecule has 3 rings (SSSR count). The Balaban J connectivity index is 0.000000282. The van der Waals surface area contributed by atoms with E-state index in [1.807, 2.05) is 29.1 Å². The van der Waals surface area contributed by atoms with Gasteiger partial charge in [-0.05, 0) is 48.7 Å². The molecule has 0 unspecified atom stereocenters. The van der Waals surface area contributed by atoms with E-state index in [-0.39, 0.29) is 4.90 Å². The van der Waals surface area contributed by atoms with Crippen LogP contribution in [0.2, 0.25) is 10.0 Å². The predicted octanol–water partition coefficient (Wildman–Crippen LogP) is 8.25. The first-order chi connectivity index (χ1) is 18.7. The number of rotatable bonds is 14. The lowest BCUT2D eigenvalue weighted by atomic mass is 10.0. The quantitative estimate of drug-likeness (QED) is 0.108. The zero-order valence-electron chi connectivity index (χ0n) is 22.6. The predicted molar refractivity (Wildman–Crippen MR) is 157 cm³/mol. The van der Waals surface area contributed by atoms with Gasteiger partial charge in [-0.3, -0.25) is 0 Å². The number of nitrogens with zero attached hydrogens (tertiary/aromatic N) is 2. The monoisotopic (exact) mass is 588 g/mol. The van der Waals surface area contributed by atoms with Crippen molar-refractivity contribution in [3.8, 4) is 6.07 Å². The third-order valence-corrected chi connectivity index (χ3v) is 7.86. The standard InChI is InChI=1S/C18H30O3S.C13H9Cl2N2/c1-2-3-4-5-6-7-8-9-10-11-12-17-13-15-18(16-14-17)22(19,20)21;14-12-2-1-11(13(15)7-12)9-17-5-3-10(8-16)4-6-17/h13-16H,2-12H2,1H3,(H,19,20,21);1-7H,9H2/q;+1/p-1. The smallest absolute Gasteiger partial charge is 0.175 e. The summed E-state index contributed by atoms with van der Waals surface area (Å²) in [6.07, 6.45) is 17.7. The normalized spacial score (nSPS) is 10.9. The lowest BCUT2D eigenvalue weighted by molar-refractivity contribution is -0.688. The van der Waals surface area contributed by atoms with Gasteiger partial charge in [0, 0.05) is 22.7 Å². The van der Waals surface area contributed by atoms with Gasteiger partial charge in [0.15, 0.2) is 18.9 Å². The van der Waals surface area contributed by atoms with E-state index in [0.717, 1.165) is 24.0 Å². The summed E-state index contributed by atoms with van der Waals surface area (Å²) >= 11 is 11.9. The fourth-order valence-electron chi connectivity index (χ4n) is 4.12. The van der Waals surface area contributed by atoms with Gasteiger partial charge in [-0.15, -0.1) is 0 Å². The van der Waals surface area contributed by atoms with E-state index >= 15 is 0 Å². The van der Waals surface area contributed by atoms with Crippen molar-refractivity contribution in [3.63, 3.8) is 0 Å². The number of benzene rings is 2. The number of halogens is 2. The van der Waals surface area contributed by atoms with Gasteiger partial charge in [-0.1, -0.05) is 100 Å². The first-order valence-electron chi connectivity index (χ1n) is 13.6. The Labute approximate surface area is 244 Å². The van der Waals surface area contributed by atoms with Crippen LogP contribution in [0.3, 0.4) is 0 Å². The second-order valence-electron chi connectivity index (χ2n) is 9.64. The summed E-state index contributed by atoms with van der Waals surface area (Å²) in [6.45, 7) is 2.90. The van der Waals surface area contributed by atoms with Gasteiger partial charge >= 0.3 is 0 Å². The highest BCUT2D eigenvalue weighted by Crippen LogP contribution is 2.20. The molecule has 8 heteroatoms. The molecule has 0 saturated heterocycles. The van der Waals surface area contributed by atoms with Gasteiger partial charge in [0.25, 0.3) is 0 Å². The maximum Gasteiger partial charge on any atom is 0.175 e. The first-order valence-corrected chi connectivity index (χ1v) is 15.8. The summed E-state index contributed by atoms with van der Waals surface area (Å²) in [5.41, 5.74) is 2.74. The van der Waals surface area contributed by atoms with Crippen molar-refractivity contribution in [2.75, 3.05) is 0 Å². The molecule has 5 nitrogen and oxygen atoms in total. The third kappa shape index (κ3) is 13.5. The minimum absolute atomic E-state index is 0.140. The Morgan fingerprint density at radius 2 is 1.38 bits per heavy atom. The average molecular weight is 590 g/mol. The second-order valence-corrected chi connectivity index (χ2v) is 11.9. The number of pyridine rings is 1. The lowest BCUT2D eigenvalue weighted by Crippen LogP contribution is -2.33. The summed E-state index contributed by atoms with van der Waals surface area (Å²) in [7, 11) is -4.31. The SMILES string of the molecule is CCCCCCCCCCCCc1ccc(S(=O)(=O)[O-])cc1.N#Cc1cc[n+](Cc2ccc(Cl)cc2Cl)cc1. The molecular formula is C31H38Cl2N2O3S. The van der Waals surface area contributed by atoms with Gasteiger partial charge in [0.2, 0.25) is 0 Å². The molecule has 0 saturated carbocycles. The van der Waals surface area contributed by atoms with Crippen molar-refractivity contribution in [2.24, 2.45) is 0 Å². The maximum atomic E-state index is 10.8. The molecule has 0 fully saturated rings. The molecule has 0 radical (unpaired) electrons. The molecule has 39 heavy (non-hydrogen) atoms. The number of nitriles is 1. The number of hydrogen-bond donors (Lipinski definition) is 0. The number of unbranched alkanes of at least 4 members (excludes halogenated alkanes) is 9. The van der Waals surface area contributed by atoms with E-state index in [0.29, 0.717) is 22.2 Å². The molecule has 0 spiro atoms. The highest BCUT2D eigenvalue weighted by atomic mass is 35.5. The van der Waals surface area contributed by atoms with Gasteiger partial charge in [-0.2, -0.15) is 5.26 Å². The van der Waals surface area contributed by atoms with Crippen LogP contribution in [0.1, 0.15) is 87.8 Å². The molecule has 3 aromatic rings. The van der Waals surface area contributed by atoms with E-state index in [1.54, 1.807) is 30.3 Å². The second kappa shape index (κ2) is 18.0. The molecule has 0 N–H and O–H groups in total. The Morgan fingerprint density at radius 1 is 0.821 bits per heavy atom. The minimum atomic E-state index is -4.31. The van der Waals surface area contributed by atoms with Crippen molar-refractivity contribution in [1.82, 2.24) is 0 Å². The first kappa shape index (κ1) is 32.8. The maximum absolute atomic E-state index is 10.8. The lowest BCUT2D eigenvalue weighted by Gasteiger charge is -2.08. The van der Waals surface area contributed by atoms with Gasteiger partial charge in [-0.25, -0.2) is 13.0 Å². The Hall–Kier alpha value is -2.43. The Bertz CT molecular complexity index is 1270. The fraction of sp³-hybridized carbons (Fsp3) is 0.419. The fourth-order valence-corrected chi connectivity index (χ4v) is 5.06. The molecule has 0 atom stereocenters. The van der Waals surface area contributed by atoms with Crippen LogP contribution in [0, 0.1) is 11.3 Å². The molecule has 0 bridgehead atoms. The largest absolute Gasteiger partial charge is 0.744 e. The number of aromatic nitrogens is 1. The van der Waals surface area contributed by atoms with Crippen molar-refractivity contribution in [3.05, 3.63) is 93.7 Å². The van der Waals surface area contributed by atoms with Crippen molar-refractivity contribution in [2.45, 2.75) is 89.0 Å². The van der Waals surface area contributed by atoms with Crippen LogP contribution < -0.4 is 4.57 Å². The number of aryl methyl sites for hydroxylation is 1. The Morgan fingerprint density at radius 3 is 1.90 bits per heavy atom. The van der Waals surface area contributed by atoms with Crippen LogP contribution in [-0.2, 0) is 23.1 Å². The van der Waals surface area contributed by atoms with Crippen LogP contribution in [0.4, 0.5) is 0 Å². The van der Waals surface area contributed by atoms with Gasteiger partial charge in [0.1, 0.15) is 10.1 Å². The van der Waals surface area contributed by atoms with E-state index in [9.17, 15) is 13.0 Å². The summed E-state index contributed by atoms with van der Waals surface area (Å²) in [6, 6.07) is 17.4. The van der Waals surface area contributed by atoms with E-state index in [1.165, 1.54) is 69.9 Å². The molecular weight excluding hydrogens is 551 g/mol. The van der Waals surface area contributed by atoms with Crippen molar-refractivity contribution < 1.29 is 17.5 Å². The van der Waals surface area contributed by atoms with Crippen LogP contribution in [0.5, 0.6) is 0 Å². The number of hydrogen-bond acceptors (Lipinski definition) is 4. The molecule has 210 valence electrons. The molecule has 1 heterocycles. The van der Waals surface area contributed by atoms with Crippen molar-refractivity contribution >= 4 is 33.3 Å². The summed E-state index contributed by atoms with van der Waals surface area (Å²) in [5, 5.41) is 9.97. The zero-order chi connectivity index (χ0) is 28.5.